The van der Waals surface area contributed by atoms with E-state index in [-0.39, 0.29) is 5.91 Å². The van der Waals surface area contributed by atoms with Gasteiger partial charge in [0.2, 0.25) is 5.91 Å². The van der Waals surface area contributed by atoms with Gasteiger partial charge in [0.1, 0.15) is 5.41 Å². The number of benzene rings is 1. The first-order valence-electron chi connectivity index (χ1n) is 6.33. The summed E-state index contributed by atoms with van der Waals surface area (Å²) in [7, 11) is 0. The summed E-state index contributed by atoms with van der Waals surface area (Å²) < 4.78 is 0. The number of amides is 1. The molecule has 1 aromatic carbocycles. The second-order valence-corrected chi connectivity index (χ2v) is 5.38. The molecule has 0 bridgehead atoms. The molecule has 0 fully saturated rings. The Morgan fingerprint density at radius 3 is 2.83 bits per heavy atom. The molecule has 0 aliphatic heterocycles. The van der Waals surface area contributed by atoms with E-state index in [1.165, 1.54) is 24.0 Å². The summed E-state index contributed by atoms with van der Waals surface area (Å²) in [5.41, 5.74) is 2.98. The second kappa shape index (κ2) is 4.81. The highest BCUT2D eigenvalue weighted by Gasteiger charge is 2.26. The van der Waals surface area contributed by atoms with Gasteiger partial charge in [-0.25, -0.2) is 0 Å². The number of hydrogen-bond donors (Lipinski definition) is 1. The quantitative estimate of drug-likeness (QED) is 0.884. The Morgan fingerprint density at radius 1 is 1.39 bits per heavy atom. The molecule has 94 valence electrons. The zero-order valence-electron chi connectivity index (χ0n) is 10.9. The number of carbonyl (C=O) groups is 1. The summed E-state index contributed by atoms with van der Waals surface area (Å²) in [5.74, 6) is -0.217. The SMILES string of the molecule is CC(C)(C#N)C(=O)NCc1ccc2c(c1)CCC2. The van der Waals surface area contributed by atoms with Crippen LogP contribution in [-0.2, 0) is 24.2 Å². The fourth-order valence-electron chi connectivity index (χ4n) is 2.19. The van der Waals surface area contributed by atoms with Crippen molar-refractivity contribution >= 4 is 5.91 Å². The number of fused-ring (bicyclic) bond motifs is 1. The number of nitriles is 1. The lowest BCUT2D eigenvalue weighted by molar-refractivity contribution is -0.126. The van der Waals surface area contributed by atoms with E-state index in [1.807, 2.05) is 6.07 Å². The zero-order chi connectivity index (χ0) is 13.2. The molecule has 0 atom stereocenters. The molecular formula is C15H18N2O. The third-order valence-corrected chi connectivity index (χ3v) is 3.46. The number of nitrogens with zero attached hydrogens (tertiary/aromatic N) is 1. The van der Waals surface area contributed by atoms with Crippen LogP contribution in [0.4, 0.5) is 0 Å². The van der Waals surface area contributed by atoms with Crippen molar-refractivity contribution in [3.63, 3.8) is 0 Å². The molecule has 1 N–H and O–H groups in total. The van der Waals surface area contributed by atoms with Gasteiger partial charge >= 0.3 is 0 Å². The van der Waals surface area contributed by atoms with Gasteiger partial charge in [-0.3, -0.25) is 4.79 Å². The first-order chi connectivity index (χ1) is 8.53. The molecule has 0 radical (unpaired) electrons. The lowest BCUT2D eigenvalue weighted by Crippen LogP contribution is -2.35. The van der Waals surface area contributed by atoms with E-state index in [9.17, 15) is 4.79 Å². The summed E-state index contributed by atoms with van der Waals surface area (Å²) in [6.45, 7) is 3.76. The van der Waals surface area contributed by atoms with E-state index in [4.69, 9.17) is 5.26 Å². The van der Waals surface area contributed by atoms with Gasteiger partial charge in [0.05, 0.1) is 6.07 Å². The van der Waals surface area contributed by atoms with Gasteiger partial charge in [0.25, 0.3) is 0 Å². The maximum atomic E-state index is 11.8. The van der Waals surface area contributed by atoms with Gasteiger partial charge in [-0.15, -0.1) is 0 Å². The molecule has 2 rings (SSSR count). The van der Waals surface area contributed by atoms with Crippen molar-refractivity contribution < 1.29 is 4.79 Å². The van der Waals surface area contributed by atoms with E-state index in [0.29, 0.717) is 6.54 Å². The summed E-state index contributed by atoms with van der Waals surface area (Å²) in [4.78, 5) is 11.8. The Morgan fingerprint density at radius 2 is 2.11 bits per heavy atom. The molecule has 0 spiro atoms. The van der Waals surface area contributed by atoms with Crippen LogP contribution in [-0.4, -0.2) is 5.91 Å². The van der Waals surface area contributed by atoms with Crippen LogP contribution in [0.2, 0.25) is 0 Å². The fourth-order valence-corrected chi connectivity index (χ4v) is 2.19. The number of hydrogen-bond acceptors (Lipinski definition) is 2. The molecule has 0 aromatic heterocycles. The maximum absolute atomic E-state index is 11.8. The highest BCUT2D eigenvalue weighted by Crippen LogP contribution is 2.23. The van der Waals surface area contributed by atoms with Crippen molar-refractivity contribution in [3.05, 3.63) is 34.9 Å². The van der Waals surface area contributed by atoms with Crippen LogP contribution in [0.5, 0.6) is 0 Å². The van der Waals surface area contributed by atoms with Gasteiger partial charge in [0.15, 0.2) is 0 Å². The van der Waals surface area contributed by atoms with Crippen LogP contribution >= 0.6 is 0 Å². The molecule has 1 aliphatic carbocycles. The molecule has 3 nitrogen and oxygen atoms in total. The summed E-state index contributed by atoms with van der Waals surface area (Å²) in [6.07, 6.45) is 3.54. The lowest BCUT2D eigenvalue weighted by atomic mass is 9.94. The minimum absolute atomic E-state index is 0.217. The molecule has 0 saturated heterocycles. The molecule has 0 heterocycles. The third kappa shape index (κ3) is 2.53. The molecule has 0 saturated carbocycles. The topological polar surface area (TPSA) is 52.9 Å². The van der Waals surface area contributed by atoms with Gasteiger partial charge < -0.3 is 5.32 Å². The Bertz CT molecular complexity index is 512. The smallest absolute Gasteiger partial charge is 0.240 e. The van der Waals surface area contributed by atoms with Crippen molar-refractivity contribution in [2.45, 2.75) is 39.7 Å². The molecular weight excluding hydrogens is 224 g/mol. The Labute approximate surface area is 108 Å². The second-order valence-electron chi connectivity index (χ2n) is 5.38. The predicted molar refractivity (Wildman–Crippen MR) is 69.7 cm³/mol. The largest absolute Gasteiger partial charge is 0.351 e. The molecule has 1 amide bonds. The van der Waals surface area contributed by atoms with Gasteiger partial charge in [-0.1, -0.05) is 18.2 Å². The van der Waals surface area contributed by atoms with Crippen LogP contribution in [0, 0.1) is 16.7 Å². The molecule has 1 aliphatic rings. The van der Waals surface area contributed by atoms with Crippen LogP contribution in [0.3, 0.4) is 0 Å². The number of rotatable bonds is 3. The van der Waals surface area contributed by atoms with Crippen molar-refractivity contribution in [2.75, 3.05) is 0 Å². The average molecular weight is 242 g/mol. The van der Waals surface area contributed by atoms with Crippen molar-refractivity contribution in [1.29, 1.82) is 5.26 Å². The standard InChI is InChI=1S/C15H18N2O/c1-15(2,10-16)14(18)17-9-11-6-7-12-4-3-5-13(12)8-11/h6-8H,3-5,9H2,1-2H3,(H,17,18). The monoisotopic (exact) mass is 242 g/mol. The van der Waals surface area contributed by atoms with Crippen molar-refractivity contribution in [3.8, 4) is 6.07 Å². The lowest BCUT2D eigenvalue weighted by Gasteiger charge is -2.15. The van der Waals surface area contributed by atoms with E-state index in [0.717, 1.165) is 12.0 Å². The van der Waals surface area contributed by atoms with Crippen molar-refractivity contribution in [2.24, 2.45) is 5.41 Å². The number of aryl methyl sites for hydroxylation is 2. The first-order valence-corrected chi connectivity index (χ1v) is 6.33. The van der Waals surface area contributed by atoms with Gasteiger partial charge in [0, 0.05) is 6.54 Å². The minimum atomic E-state index is -0.962. The van der Waals surface area contributed by atoms with E-state index >= 15 is 0 Å². The fraction of sp³-hybridized carbons (Fsp3) is 0.467. The highest BCUT2D eigenvalue weighted by molar-refractivity contribution is 5.84. The number of carbonyl (C=O) groups excluding carboxylic acids is 1. The molecule has 1 aromatic rings. The van der Waals surface area contributed by atoms with Crippen LogP contribution in [0.25, 0.3) is 0 Å². The maximum Gasteiger partial charge on any atom is 0.240 e. The summed E-state index contributed by atoms with van der Waals surface area (Å²) in [6, 6.07) is 8.39. The summed E-state index contributed by atoms with van der Waals surface area (Å²) in [5, 5.41) is 11.7. The predicted octanol–water partition coefficient (Wildman–Crippen LogP) is 2.34. The van der Waals surface area contributed by atoms with Gasteiger partial charge in [-0.2, -0.15) is 5.26 Å². The van der Waals surface area contributed by atoms with E-state index in [2.05, 4.69) is 23.5 Å². The molecule has 18 heavy (non-hydrogen) atoms. The van der Waals surface area contributed by atoms with Gasteiger partial charge in [-0.05, 0) is 49.8 Å². The van der Waals surface area contributed by atoms with Crippen LogP contribution < -0.4 is 5.32 Å². The van der Waals surface area contributed by atoms with E-state index < -0.39 is 5.41 Å². The Hall–Kier alpha value is -1.82. The average Bonchev–Trinajstić information content (AvgIpc) is 2.83. The zero-order valence-corrected chi connectivity index (χ0v) is 10.9. The summed E-state index contributed by atoms with van der Waals surface area (Å²) >= 11 is 0. The number of nitrogens with one attached hydrogen (secondary N) is 1. The Kier molecular flexibility index (Phi) is 3.38. The van der Waals surface area contributed by atoms with Crippen LogP contribution in [0.1, 0.15) is 37.0 Å². The van der Waals surface area contributed by atoms with Crippen molar-refractivity contribution in [1.82, 2.24) is 5.32 Å². The third-order valence-electron chi connectivity index (χ3n) is 3.46. The first kappa shape index (κ1) is 12.6. The minimum Gasteiger partial charge on any atom is -0.351 e. The highest BCUT2D eigenvalue weighted by atomic mass is 16.2. The van der Waals surface area contributed by atoms with E-state index in [1.54, 1.807) is 13.8 Å². The molecule has 0 unspecified atom stereocenters. The normalized spacial score (nSPS) is 13.8. The van der Waals surface area contributed by atoms with Crippen LogP contribution in [0.15, 0.2) is 18.2 Å². The molecule has 3 heteroatoms. The Balaban J connectivity index is 1.99.